The van der Waals surface area contributed by atoms with Gasteiger partial charge in [-0.3, -0.25) is 14.3 Å². The van der Waals surface area contributed by atoms with Crippen molar-refractivity contribution in [1.82, 2.24) is 5.32 Å². The van der Waals surface area contributed by atoms with Crippen LogP contribution in [0.15, 0.2) is 24.3 Å². The smallest absolute Gasteiger partial charge is 0.304 e. The van der Waals surface area contributed by atoms with Gasteiger partial charge in [-0.05, 0) is 38.1 Å². The van der Waals surface area contributed by atoms with Gasteiger partial charge in [-0.25, -0.2) is 8.42 Å². The second kappa shape index (κ2) is 7.07. The van der Waals surface area contributed by atoms with Gasteiger partial charge in [0, 0.05) is 17.3 Å². The Bertz CT molecular complexity index is 608. The molecule has 0 heterocycles. The molecule has 3 N–H and O–H groups in total. The number of benzene rings is 1. The van der Waals surface area contributed by atoms with E-state index in [-0.39, 0.29) is 17.6 Å². The van der Waals surface area contributed by atoms with E-state index in [1.807, 2.05) is 13.8 Å². The molecule has 1 amide bonds. The Balaban J connectivity index is 2.70. The average Bonchev–Trinajstić information content (AvgIpc) is 2.36. The van der Waals surface area contributed by atoms with Crippen LogP contribution in [0.25, 0.3) is 0 Å². The Morgan fingerprint density at radius 2 is 1.76 bits per heavy atom. The minimum Gasteiger partial charge on any atom is -0.481 e. The van der Waals surface area contributed by atoms with Crippen LogP contribution in [-0.2, 0) is 14.8 Å². The highest BCUT2D eigenvalue weighted by Gasteiger charge is 2.13. The van der Waals surface area contributed by atoms with E-state index >= 15 is 0 Å². The third-order valence-electron chi connectivity index (χ3n) is 2.42. The number of carboxylic acids is 1. The van der Waals surface area contributed by atoms with Gasteiger partial charge in [-0.2, -0.15) is 0 Å². The highest BCUT2D eigenvalue weighted by atomic mass is 32.2. The lowest BCUT2D eigenvalue weighted by Gasteiger charge is -2.10. The quantitative estimate of drug-likeness (QED) is 0.696. The predicted octanol–water partition coefficient (Wildman–Crippen LogP) is 1.04. The summed E-state index contributed by atoms with van der Waals surface area (Å²) in [6, 6.07) is 5.90. The first kappa shape index (κ1) is 17.0. The van der Waals surface area contributed by atoms with Crippen LogP contribution in [0.4, 0.5) is 5.69 Å². The first-order chi connectivity index (χ1) is 9.69. The van der Waals surface area contributed by atoms with Crippen LogP contribution in [0.5, 0.6) is 0 Å². The maximum atomic E-state index is 11.7. The number of carbonyl (C=O) groups excluding carboxylic acids is 1. The monoisotopic (exact) mass is 314 g/mol. The molecule has 0 unspecified atom stereocenters. The summed E-state index contributed by atoms with van der Waals surface area (Å²) in [4.78, 5) is 22.1. The summed E-state index contributed by atoms with van der Waals surface area (Å²) in [6.07, 6.45) is -0.468. The molecule has 1 rings (SSSR count). The normalized spacial score (nSPS) is 11.2. The van der Waals surface area contributed by atoms with Crippen molar-refractivity contribution in [3.8, 4) is 0 Å². The maximum absolute atomic E-state index is 11.7. The third-order valence-corrected chi connectivity index (χ3v) is 3.71. The lowest BCUT2D eigenvalue weighted by atomic mass is 10.2. The molecule has 0 saturated heterocycles. The molecule has 21 heavy (non-hydrogen) atoms. The average molecular weight is 314 g/mol. The molecule has 8 heteroatoms. The highest BCUT2D eigenvalue weighted by molar-refractivity contribution is 7.92. The summed E-state index contributed by atoms with van der Waals surface area (Å²) >= 11 is 0. The number of hydrogen-bond acceptors (Lipinski definition) is 4. The first-order valence-corrected chi connectivity index (χ1v) is 7.98. The SMILES string of the molecule is CC(C)NC(=O)c1ccc(NS(=O)(=O)CCC(=O)O)cc1. The van der Waals surface area contributed by atoms with E-state index in [4.69, 9.17) is 5.11 Å². The molecule has 1 aromatic carbocycles. The Hall–Kier alpha value is -2.09. The number of carbonyl (C=O) groups is 2. The molecule has 0 bridgehead atoms. The van der Waals surface area contributed by atoms with Gasteiger partial charge in [-0.1, -0.05) is 0 Å². The van der Waals surface area contributed by atoms with Crippen molar-refractivity contribution in [1.29, 1.82) is 0 Å². The van der Waals surface area contributed by atoms with Gasteiger partial charge in [-0.15, -0.1) is 0 Å². The fourth-order valence-corrected chi connectivity index (χ4v) is 2.53. The van der Waals surface area contributed by atoms with E-state index in [0.29, 0.717) is 5.56 Å². The van der Waals surface area contributed by atoms with Crippen LogP contribution >= 0.6 is 0 Å². The zero-order valence-electron chi connectivity index (χ0n) is 11.8. The minimum absolute atomic E-state index is 0.00620. The fourth-order valence-electron chi connectivity index (χ4n) is 1.49. The molecule has 116 valence electrons. The Morgan fingerprint density at radius 3 is 2.24 bits per heavy atom. The second-order valence-electron chi connectivity index (χ2n) is 4.77. The predicted molar refractivity (Wildman–Crippen MR) is 78.7 cm³/mol. The van der Waals surface area contributed by atoms with Gasteiger partial charge in [0.25, 0.3) is 5.91 Å². The Morgan fingerprint density at radius 1 is 1.19 bits per heavy atom. The van der Waals surface area contributed by atoms with Crippen molar-refractivity contribution in [2.75, 3.05) is 10.5 Å². The summed E-state index contributed by atoms with van der Waals surface area (Å²) < 4.78 is 25.5. The molecule has 0 aliphatic heterocycles. The summed E-state index contributed by atoms with van der Waals surface area (Å²) in [6.45, 7) is 3.67. The number of nitrogens with one attached hydrogen (secondary N) is 2. The van der Waals surface area contributed by atoms with Gasteiger partial charge in [0.15, 0.2) is 0 Å². The number of rotatable bonds is 7. The first-order valence-electron chi connectivity index (χ1n) is 6.33. The van der Waals surface area contributed by atoms with Crippen LogP contribution in [0, 0.1) is 0 Å². The second-order valence-corrected chi connectivity index (χ2v) is 6.61. The number of carboxylic acid groups (broad SMARTS) is 1. The van der Waals surface area contributed by atoms with Crippen molar-refractivity contribution in [3.05, 3.63) is 29.8 Å². The summed E-state index contributed by atoms with van der Waals surface area (Å²) in [7, 11) is -3.71. The molecule has 0 aliphatic carbocycles. The van der Waals surface area contributed by atoms with E-state index in [0.717, 1.165) is 0 Å². The fraction of sp³-hybridized carbons (Fsp3) is 0.385. The van der Waals surface area contributed by atoms with E-state index in [1.165, 1.54) is 24.3 Å². The standard InChI is InChI=1S/C13H18N2O5S/c1-9(2)14-13(18)10-3-5-11(6-4-10)15-21(19,20)8-7-12(16)17/h3-6,9,15H,7-8H2,1-2H3,(H,14,18)(H,16,17). The number of anilines is 1. The number of sulfonamides is 1. The van der Waals surface area contributed by atoms with Crippen LogP contribution in [-0.4, -0.2) is 37.2 Å². The van der Waals surface area contributed by atoms with Gasteiger partial charge >= 0.3 is 5.97 Å². The summed E-state index contributed by atoms with van der Waals surface area (Å²) in [5, 5.41) is 11.2. The van der Waals surface area contributed by atoms with Crippen molar-refractivity contribution in [2.24, 2.45) is 0 Å². The molecular weight excluding hydrogens is 296 g/mol. The largest absolute Gasteiger partial charge is 0.481 e. The maximum Gasteiger partial charge on any atom is 0.304 e. The molecule has 0 spiro atoms. The zero-order chi connectivity index (χ0) is 16.0. The third kappa shape index (κ3) is 6.26. The number of aliphatic carboxylic acids is 1. The molecular formula is C13H18N2O5S. The van der Waals surface area contributed by atoms with E-state index < -0.39 is 28.2 Å². The lowest BCUT2D eigenvalue weighted by molar-refractivity contribution is -0.136. The number of amides is 1. The van der Waals surface area contributed by atoms with Crippen LogP contribution < -0.4 is 10.0 Å². The molecule has 0 aromatic heterocycles. The van der Waals surface area contributed by atoms with E-state index in [1.54, 1.807) is 0 Å². The van der Waals surface area contributed by atoms with Gasteiger partial charge in [0.1, 0.15) is 0 Å². The van der Waals surface area contributed by atoms with E-state index in [9.17, 15) is 18.0 Å². The Kier molecular flexibility index (Phi) is 5.71. The van der Waals surface area contributed by atoms with Gasteiger partial charge in [0.2, 0.25) is 10.0 Å². The number of hydrogen-bond donors (Lipinski definition) is 3. The molecule has 0 aliphatic rings. The molecule has 0 radical (unpaired) electrons. The summed E-state index contributed by atoms with van der Waals surface area (Å²) in [5.74, 6) is -1.93. The van der Waals surface area contributed by atoms with Crippen molar-refractivity contribution >= 4 is 27.6 Å². The molecule has 0 atom stereocenters. The zero-order valence-corrected chi connectivity index (χ0v) is 12.6. The lowest BCUT2D eigenvalue weighted by Crippen LogP contribution is -2.30. The van der Waals surface area contributed by atoms with Crippen LogP contribution in [0.2, 0.25) is 0 Å². The Labute approximate surface area is 123 Å². The topological polar surface area (TPSA) is 113 Å². The van der Waals surface area contributed by atoms with Gasteiger partial charge in [0.05, 0.1) is 12.2 Å². The summed E-state index contributed by atoms with van der Waals surface area (Å²) in [5.41, 5.74) is 0.693. The van der Waals surface area contributed by atoms with Crippen molar-refractivity contribution in [3.63, 3.8) is 0 Å². The molecule has 0 saturated carbocycles. The van der Waals surface area contributed by atoms with Gasteiger partial charge < -0.3 is 10.4 Å². The molecule has 1 aromatic rings. The highest BCUT2D eigenvalue weighted by Crippen LogP contribution is 2.12. The van der Waals surface area contributed by atoms with Crippen molar-refractivity contribution in [2.45, 2.75) is 26.3 Å². The van der Waals surface area contributed by atoms with E-state index in [2.05, 4.69) is 10.0 Å². The minimum atomic E-state index is -3.71. The van der Waals surface area contributed by atoms with Crippen molar-refractivity contribution < 1.29 is 23.1 Å². The van der Waals surface area contributed by atoms with Crippen LogP contribution in [0.1, 0.15) is 30.6 Å². The molecule has 0 fully saturated rings. The van der Waals surface area contributed by atoms with Crippen LogP contribution in [0.3, 0.4) is 0 Å². The molecule has 7 nitrogen and oxygen atoms in total.